The van der Waals surface area contributed by atoms with Gasteiger partial charge in [0.2, 0.25) is 5.43 Å². The van der Waals surface area contributed by atoms with E-state index in [2.05, 4.69) is 28.2 Å². The number of hydrogen-bond donors (Lipinski definition) is 1. The largest absolute Gasteiger partial charge is 0.438 e. The number of fused-ring (bicyclic) bond motifs is 1. The van der Waals surface area contributed by atoms with Gasteiger partial charge < -0.3 is 14.5 Å². The normalized spacial score (nSPS) is 11.0. The molecule has 0 aliphatic carbocycles. The van der Waals surface area contributed by atoms with Gasteiger partial charge in [0, 0.05) is 24.6 Å². The van der Waals surface area contributed by atoms with Crippen molar-refractivity contribution in [2.24, 2.45) is 0 Å². The van der Waals surface area contributed by atoms with Crippen molar-refractivity contribution >= 4 is 43.4 Å². The summed E-state index contributed by atoms with van der Waals surface area (Å²) in [6.07, 6.45) is 1.00. The van der Waals surface area contributed by atoms with Crippen LogP contribution in [-0.4, -0.2) is 19.8 Å². The Hall–Kier alpha value is -0.850. The second kappa shape index (κ2) is 6.36. The lowest BCUT2D eigenvalue weighted by Crippen LogP contribution is -2.11. The first kappa shape index (κ1) is 13.6. The number of nitrogens with one attached hydrogen (secondary N) is 1. The van der Waals surface area contributed by atoms with Crippen molar-refractivity contribution in [3.8, 4) is 0 Å². The van der Waals surface area contributed by atoms with Crippen LogP contribution in [0.15, 0.2) is 25.1 Å². The van der Waals surface area contributed by atoms with Gasteiger partial charge in [0.25, 0.3) is 0 Å². The Labute approximate surface area is 117 Å². The van der Waals surface area contributed by atoms with Crippen LogP contribution in [0.2, 0.25) is 0 Å². The van der Waals surface area contributed by atoms with Crippen LogP contribution in [0.4, 0.5) is 5.88 Å². The minimum Gasteiger partial charge on any atom is -0.438 e. The standard InChI is InChI=1S/C12H14BrNO3S/c1-2-4-16-5-3-14-10-6-9(15)12-11(17-10)8(13)7-18-12/h6-7,14H,2-5H2,1H3. The van der Waals surface area contributed by atoms with Crippen LogP contribution in [0.5, 0.6) is 0 Å². The summed E-state index contributed by atoms with van der Waals surface area (Å²) in [5, 5.41) is 4.90. The second-order valence-electron chi connectivity index (χ2n) is 3.76. The van der Waals surface area contributed by atoms with Crippen molar-refractivity contribution in [2.75, 3.05) is 25.1 Å². The van der Waals surface area contributed by atoms with Gasteiger partial charge in [-0.3, -0.25) is 4.79 Å². The van der Waals surface area contributed by atoms with E-state index in [0.29, 0.717) is 29.3 Å². The molecule has 0 aromatic carbocycles. The quantitative estimate of drug-likeness (QED) is 0.823. The predicted octanol–water partition coefficient (Wildman–Crippen LogP) is 3.46. The lowest BCUT2D eigenvalue weighted by atomic mass is 10.4. The molecule has 0 saturated heterocycles. The molecule has 0 aliphatic heterocycles. The maximum absolute atomic E-state index is 11.8. The number of rotatable bonds is 6. The van der Waals surface area contributed by atoms with Gasteiger partial charge in [-0.1, -0.05) is 6.92 Å². The molecule has 0 atom stereocenters. The first-order valence-corrected chi connectivity index (χ1v) is 7.42. The van der Waals surface area contributed by atoms with Crippen LogP contribution >= 0.6 is 27.3 Å². The summed E-state index contributed by atoms with van der Waals surface area (Å²) in [4.78, 5) is 11.8. The minimum absolute atomic E-state index is 0.0241. The van der Waals surface area contributed by atoms with Gasteiger partial charge in [-0.15, -0.1) is 11.3 Å². The maximum atomic E-state index is 11.8. The van der Waals surface area contributed by atoms with Crippen LogP contribution in [0.1, 0.15) is 13.3 Å². The third-order valence-corrected chi connectivity index (χ3v) is 4.16. The Balaban J connectivity index is 2.05. The zero-order valence-electron chi connectivity index (χ0n) is 9.99. The van der Waals surface area contributed by atoms with Gasteiger partial charge in [-0.05, 0) is 22.4 Å². The summed E-state index contributed by atoms with van der Waals surface area (Å²) in [5.74, 6) is 0.478. The fraction of sp³-hybridized carbons (Fsp3) is 0.417. The molecule has 0 unspecified atom stereocenters. The fourth-order valence-corrected chi connectivity index (χ4v) is 2.95. The summed E-state index contributed by atoms with van der Waals surface area (Å²) in [7, 11) is 0. The molecule has 6 heteroatoms. The highest BCUT2D eigenvalue weighted by Crippen LogP contribution is 2.29. The highest BCUT2D eigenvalue weighted by molar-refractivity contribution is 9.10. The number of hydrogen-bond acceptors (Lipinski definition) is 5. The SMILES string of the molecule is CCCOCCNc1cc(=O)c2scc(Br)c2o1. The van der Waals surface area contributed by atoms with E-state index in [1.54, 1.807) is 0 Å². The molecular formula is C12H14BrNO3S. The molecule has 98 valence electrons. The van der Waals surface area contributed by atoms with Crippen molar-refractivity contribution in [3.63, 3.8) is 0 Å². The van der Waals surface area contributed by atoms with Gasteiger partial charge in [0.05, 0.1) is 11.1 Å². The van der Waals surface area contributed by atoms with Gasteiger partial charge in [-0.2, -0.15) is 0 Å². The zero-order valence-corrected chi connectivity index (χ0v) is 12.4. The zero-order chi connectivity index (χ0) is 13.0. The van der Waals surface area contributed by atoms with E-state index in [1.165, 1.54) is 17.4 Å². The Kier molecular flexibility index (Phi) is 4.79. The molecule has 4 nitrogen and oxygen atoms in total. The Morgan fingerprint density at radius 3 is 3.11 bits per heavy atom. The monoisotopic (exact) mass is 331 g/mol. The van der Waals surface area contributed by atoms with Crippen molar-refractivity contribution in [3.05, 3.63) is 26.1 Å². The smallest absolute Gasteiger partial charge is 0.204 e. The van der Waals surface area contributed by atoms with E-state index < -0.39 is 0 Å². The molecule has 2 heterocycles. The summed E-state index contributed by atoms with van der Waals surface area (Å²) in [5.41, 5.74) is 0.577. The molecule has 0 spiro atoms. The number of anilines is 1. The second-order valence-corrected chi connectivity index (χ2v) is 5.49. The predicted molar refractivity (Wildman–Crippen MR) is 77.7 cm³/mol. The molecule has 18 heavy (non-hydrogen) atoms. The van der Waals surface area contributed by atoms with Crippen molar-refractivity contribution < 1.29 is 9.15 Å². The van der Waals surface area contributed by atoms with E-state index >= 15 is 0 Å². The summed E-state index contributed by atoms with van der Waals surface area (Å²) in [6.45, 7) is 4.03. The molecule has 0 bridgehead atoms. The van der Waals surface area contributed by atoms with E-state index in [4.69, 9.17) is 9.15 Å². The van der Waals surface area contributed by atoms with Crippen LogP contribution in [0.25, 0.3) is 10.3 Å². The first-order chi connectivity index (χ1) is 8.72. The number of halogens is 1. The molecule has 0 aliphatic rings. The third kappa shape index (κ3) is 3.13. The Morgan fingerprint density at radius 1 is 1.50 bits per heavy atom. The average molecular weight is 332 g/mol. The van der Waals surface area contributed by atoms with E-state index in [1.807, 2.05) is 5.38 Å². The van der Waals surface area contributed by atoms with Crippen LogP contribution in [-0.2, 0) is 4.74 Å². The molecule has 0 radical (unpaired) electrons. The van der Waals surface area contributed by atoms with Gasteiger partial charge in [0.15, 0.2) is 11.5 Å². The molecule has 1 N–H and O–H groups in total. The Bertz CT molecular complexity index is 578. The summed E-state index contributed by atoms with van der Waals surface area (Å²) < 4.78 is 12.4. The Morgan fingerprint density at radius 2 is 2.33 bits per heavy atom. The van der Waals surface area contributed by atoms with Gasteiger partial charge in [0.1, 0.15) is 4.70 Å². The average Bonchev–Trinajstić information content (AvgIpc) is 2.72. The van der Waals surface area contributed by atoms with E-state index in [-0.39, 0.29) is 5.43 Å². The molecule has 2 aromatic rings. The number of thiophene rings is 1. The van der Waals surface area contributed by atoms with Crippen molar-refractivity contribution in [2.45, 2.75) is 13.3 Å². The summed E-state index contributed by atoms with van der Waals surface area (Å²) >= 11 is 4.74. The van der Waals surface area contributed by atoms with Gasteiger partial charge in [-0.25, -0.2) is 0 Å². The van der Waals surface area contributed by atoms with Crippen molar-refractivity contribution in [1.29, 1.82) is 0 Å². The highest BCUT2D eigenvalue weighted by Gasteiger charge is 2.09. The van der Waals surface area contributed by atoms with E-state index in [9.17, 15) is 4.79 Å². The third-order valence-electron chi connectivity index (χ3n) is 2.30. The molecular weight excluding hydrogens is 318 g/mol. The van der Waals surface area contributed by atoms with Crippen LogP contribution in [0, 0.1) is 0 Å². The molecule has 0 saturated carbocycles. The topological polar surface area (TPSA) is 51.5 Å². The lowest BCUT2D eigenvalue weighted by Gasteiger charge is -2.05. The van der Waals surface area contributed by atoms with E-state index in [0.717, 1.165) is 17.5 Å². The fourth-order valence-electron chi connectivity index (χ4n) is 1.50. The maximum Gasteiger partial charge on any atom is 0.204 e. The summed E-state index contributed by atoms with van der Waals surface area (Å²) in [6, 6.07) is 1.48. The highest BCUT2D eigenvalue weighted by atomic mass is 79.9. The molecule has 0 fully saturated rings. The lowest BCUT2D eigenvalue weighted by molar-refractivity contribution is 0.144. The van der Waals surface area contributed by atoms with Gasteiger partial charge >= 0.3 is 0 Å². The van der Waals surface area contributed by atoms with Crippen LogP contribution < -0.4 is 10.7 Å². The number of ether oxygens (including phenoxy) is 1. The first-order valence-electron chi connectivity index (χ1n) is 5.75. The minimum atomic E-state index is -0.0241. The molecule has 0 amide bonds. The molecule has 2 aromatic heterocycles. The molecule has 2 rings (SSSR count). The van der Waals surface area contributed by atoms with Crippen LogP contribution in [0.3, 0.4) is 0 Å². The van der Waals surface area contributed by atoms with Crippen molar-refractivity contribution in [1.82, 2.24) is 0 Å².